The minimum atomic E-state index is -1.03. The molecule has 0 aromatic heterocycles. The van der Waals surface area contributed by atoms with Gasteiger partial charge in [0.05, 0.1) is 0 Å². The number of carboxylic acids is 1. The lowest BCUT2D eigenvalue weighted by atomic mass is 10.2. The normalized spacial score (nSPS) is 11.9. The van der Waals surface area contributed by atoms with Crippen LogP contribution in [0.25, 0.3) is 0 Å². The quantitative estimate of drug-likeness (QED) is 0.545. The highest BCUT2D eigenvalue weighted by molar-refractivity contribution is 7.98. The molecule has 0 aromatic carbocycles. The molecule has 6 nitrogen and oxygen atoms in total. The van der Waals surface area contributed by atoms with E-state index in [1.165, 1.54) is 18.9 Å². The highest BCUT2D eigenvalue weighted by Crippen LogP contribution is 2.00. The first kappa shape index (κ1) is 14.1. The first-order chi connectivity index (χ1) is 7.11. The van der Waals surface area contributed by atoms with E-state index >= 15 is 0 Å². The summed E-state index contributed by atoms with van der Waals surface area (Å²) in [5.74, 6) is -0.349. The van der Waals surface area contributed by atoms with Gasteiger partial charge in [-0.15, -0.1) is 0 Å². The van der Waals surface area contributed by atoms with Gasteiger partial charge in [-0.2, -0.15) is 11.8 Å². The maximum absolute atomic E-state index is 11.1. The first-order valence-electron chi connectivity index (χ1n) is 4.36. The molecule has 0 aromatic rings. The molecule has 7 heteroatoms. The van der Waals surface area contributed by atoms with E-state index in [9.17, 15) is 9.59 Å². The Morgan fingerprint density at radius 2 is 2.20 bits per heavy atom. The van der Waals surface area contributed by atoms with Crippen molar-refractivity contribution in [1.29, 1.82) is 0 Å². The van der Waals surface area contributed by atoms with Gasteiger partial charge in [0, 0.05) is 7.11 Å². The molecule has 0 heterocycles. The number of urea groups is 1. The highest BCUT2D eigenvalue weighted by atomic mass is 32.2. The Bertz CT molecular complexity index is 213. The maximum atomic E-state index is 11.1. The number of hydrogen-bond acceptors (Lipinski definition) is 4. The third-order valence-corrected chi connectivity index (χ3v) is 2.24. The third kappa shape index (κ3) is 7.03. The van der Waals surface area contributed by atoms with Gasteiger partial charge in [-0.05, 0) is 18.4 Å². The zero-order valence-electron chi connectivity index (χ0n) is 8.78. The summed E-state index contributed by atoms with van der Waals surface area (Å²) >= 11 is 1.53. The van der Waals surface area contributed by atoms with Crippen molar-refractivity contribution in [2.24, 2.45) is 0 Å². The molecule has 15 heavy (non-hydrogen) atoms. The number of methoxy groups -OCH3 is 1. The van der Waals surface area contributed by atoms with Gasteiger partial charge in [-0.25, -0.2) is 9.59 Å². The van der Waals surface area contributed by atoms with Crippen LogP contribution in [0.2, 0.25) is 0 Å². The molecule has 3 N–H and O–H groups in total. The Kier molecular flexibility index (Phi) is 7.84. The van der Waals surface area contributed by atoms with Crippen LogP contribution in [0.1, 0.15) is 6.42 Å². The second-order valence-corrected chi connectivity index (χ2v) is 3.74. The van der Waals surface area contributed by atoms with Crippen LogP contribution in [0.5, 0.6) is 0 Å². The average molecular weight is 236 g/mol. The Morgan fingerprint density at radius 1 is 1.53 bits per heavy atom. The molecular weight excluding hydrogens is 220 g/mol. The predicted octanol–water partition coefficient (Wildman–Crippen LogP) is 0.0958. The second kappa shape index (κ2) is 8.37. The van der Waals surface area contributed by atoms with Gasteiger partial charge in [0.1, 0.15) is 12.8 Å². The van der Waals surface area contributed by atoms with Crippen molar-refractivity contribution < 1.29 is 19.4 Å². The van der Waals surface area contributed by atoms with Gasteiger partial charge in [0.25, 0.3) is 0 Å². The fraction of sp³-hybridized carbons (Fsp3) is 0.750. The molecule has 1 atom stereocenters. The van der Waals surface area contributed by atoms with E-state index in [1.807, 2.05) is 6.26 Å². The number of carbonyl (C=O) groups is 2. The lowest BCUT2D eigenvalue weighted by molar-refractivity contribution is -0.139. The van der Waals surface area contributed by atoms with E-state index in [0.717, 1.165) is 0 Å². The zero-order valence-corrected chi connectivity index (χ0v) is 9.60. The SMILES string of the molecule is COCNC(=O)NC(CCSC)C(=O)O. The lowest BCUT2D eigenvalue weighted by Crippen LogP contribution is -2.46. The Morgan fingerprint density at radius 3 is 2.67 bits per heavy atom. The number of rotatable bonds is 7. The predicted molar refractivity (Wildman–Crippen MR) is 58.0 cm³/mol. The van der Waals surface area contributed by atoms with Crippen LogP contribution in [0.3, 0.4) is 0 Å². The summed E-state index contributed by atoms with van der Waals surface area (Å²) in [7, 11) is 1.43. The van der Waals surface area contributed by atoms with Crippen LogP contribution in [-0.2, 0) is 9.53 Å². The van der Waals surface area contributed by atoms with Crippen LogP contribution >= 0.6 is 11.8 Å². The molecule has 0 aliphatic carbocycles. The smallest absolute Gasteiger partial charge is 0.326 e. The van der Waals surface area contributed by atoms with Gasteiger partial charge in [-0.1, -0.05) is 0 Å². The van der Waals surface area contributed by atoms with Gasteiger partial charge < -0.3 is 20.5 Å². The summed E-state index contributed by atoms with van der Waals surface area (Å²) in [5.41, 5.74) is 0. The number of aliphatic carboxylic acids is 1. The number of ether oxygens (including phenoxy) is 1. The topological polar surface area (TPSA) is 87.7 Å². The minimum Gasteiger partial charge on any atom is -0.480 e. The van der Waals surface area contributed by atoms with E-state index in [1.54, 1.807) is 0 Å². The highest BCUT2D eigenvalue weighted by Gasteiger charge is 2.18. The number of carbonyl (C=O) groups excluding carboxylic acids is 1. The lowest BCUT2D eigenvalue weighted by Gasteiger charge is -2.14. The zero-order chi connectivity index (χ0) is 11.7. The van der Waals surface area contributed by atoms with Crippen LogP contribution < -0.4 is 10.6 Å². The van der Waals surface area contributed by atoms with Crippen molar-refractivity contribution >= 4 is 23.8 Å². The van der Waals surface area contributed by atoms with Gasteiger partial charge in [0.2, 0.25) is 0 Å². The third-order valence-electron chi connectivity index (χ3n) is 1.59. The fourth-order valence-electron chi connectivity index (χ4n) is 0.840. The van der Waals surface area contributed by atoms with Crippen molar-refractivity contribution in [3.05, 3.63) is 0 Å². The maximum Gasteiger partial charge on any atom is 0.326 e. The molecule has 0 spiro atoms. The Hall–Kier alpha value is -0.950. The minimum absolute atomic E-state index is 0.0563. The Labute approximate surface area is 92.7 Å². The van der Waals surface area contributed by atoms with E-state index in [0.29, 0.717) is 12.2 Å². The molecule has 2 amide bonds. The molecule has 0 rings (SSSR count). The molecule has 0 bridgehead atoms. The van der Waals surface area contributed by atoms with Crippen molar-refractivity contribution in [2.45, 2.75) is 12.5 Å². The van der Waals surface area contributed by atoms with Gasteiger partial charge in [0.15, 0.2) is 0 Å². The molecule has 0 aliphatic rings. The molecule has 0 radical (unpaired) electrons. The van der Waals surface area contributed by atoms with E-state index < -0.39 is 18.0 Å². The average Bonchev–Trinajstić information content (AvgIpc) is 2.20. The summed E-state index contributed by atoms with van der Waals surface area (Å²) in [6, 6.07) is -1.39. The Balaban J connectivity index is 3.93. The van der Waals surface area contributed by atoms with Crippen molar-refractivity contribution in [3.63, 3.8) is 0 Å². The number of thioether (sulfide) groups is 1. The molecule has 0 saturated carbocycles. The standard InChI is InChI=1S/C8H16N2O4S/c1-14-5-9-8(13)10-6(7(11)12)3-4-15-2/h6H,3-5H2,1-2H3,(H,11,12)(H2,9,10,13). The van der Waals surface area contributed by atoms with Crippen molar-refractivity contribution in [3.8, 4) is 0 Å². The largest absolute Gasteiger partial charge is 0.480 e. The monoisotopic (exact) mass is 236 g/mol. The number of nitrogens with one attached hydrogen (secondary N) is 2. The van der Waals surface area contributed by atoms with Crippen LogP contribution in [0.4, 0.5) is 4.79 Å². The molecule has 0 fully saturated rings. The van der Waals surface area contributed by atoms with Gasteiger partial charge in [-0.3, -0.25) is 0 Å². The molecule has 88 valence electrons. The van der Waals surface area contributed by atoms with E-state index in [2.05, 4.69) is 15.4 Å². The molecule has 0 aliphatic heterocycles. The molecule has 1 unspecified atom stereocenters. The number of amides is 2. The number of hydrogen-bond donors (Lipinski definition) is 3. The van der Waals surface area contributed by atoms with Crippen molar-refractivity contribution in [1.82, 2.24) is 10.6 Å². The summed E-state index contributed by atoms with van der Waals surface area (Å²) in [6.07, 6.45) is 2.28. The van der Waals surface area contributed by atoms with Crippen molar-refractivity contribution in [2.75, 3.05) is 25.8 Å². The summed E-state index contributed by atoms with van der Waals surface area (Å²) < 4.78 is 4.61. The molecular formula is C8H16N2O4S. The summed E-state index contributed by atoms with van der Waals surface area (Å²) in [6.45, 7) is 0.0563. The number of carboxylic acid groups (broad SMARTS) is 1. The molecule has 0 saturated heterocycles. The van der Waals surface area contributed by atoms with Gasteiger partial charge >= 0.3 is 12.0 Å². The first-order valence-corrected chi connectivity index (χ1v) is 5.76. The van der Waals surface area contributed by atoms with E-state index in [-0.39, 0.29) is 6.73 Å². The fourth-order valence-corrected chi connectivity index (χ4v) is 1.31. The van der Waals surface area contributed by atoms with Crippen LogP contribution in [-0.4, -0.2) is 49.0 Å². The summed E-state index contributed by atoms with van der Waals surface area (Å²) in [5, 5.41) is 13.5. The second-order valence-electron chi connectivity index (χ2n) is 2.76. The van der Waals surface area contributed by atoms with Crippen LogP contribution in [0.15, 0.2) is 0 Å². The van der Waals surface area contributed by atoms with E-state index in [4.69, 9.17) is 5.11 Å². The van der Waals surface area contributed by atoms with Crippen LogP contribution in [0, 0.1) is 0 Å². The summed E-state index contributed by atoms with van der Waals surface area (Å²) in [4.78, 5) is 21.8.